The van der Waals surface area contributed by atoms with Crippen LogP contribution in [0.3, 0.4) is 0 Å². The zero-order valence-electron chi connectivity index (χ0n) is 16.1. The SMILES string of the molecule is Cc1nn(CC(C)C)c(C)c1CCC(=O)N1CCn2cccc2C1C. The summed E-state index contributed by atoms with van der Waals surface area (Å²) in [5, 5.41) is 4.67. The van der Waals surface area contributed by atoms with Gasteiger partial charge in [0.15, 0.2) is 0 Å². The molecule has 2 aromatic rings. The van der Waals surface area contributed by atoms with Gasteiger partial charge in [0.2, 0.25) is 5.91 Å². The van der Waals surface area contributed by atoms with Crippen molar-refractivity contribution in [1.29, 1.82) is 0 Å². The predicted molar refractivity (Wildman–Crippen MR) is 99.4 cm³/mol. The number of hydrogen-bond donors (Lipinski definition) is 0. The Labute approximate surface area is 150 Å². The first-order valence-electron chi connectivity index (χ1n) is 9.36. The summed E-state index contributed by atoms with van der Waals surface area (Å²) in [5.74, 6) is 0.813. The van der Waals surface area contributed by atoms with Crippen molar-refractivity contribution in [2.45, 2.75) is 66.6 Å². The summed E-state index contributed by atoms with van der Waals surface area (Å²) in [6.07, 6.45) is 3.43. The first kappa shape index (κ1) is 17.8. The van der Waals surface area contributed by atoms with Gasteiger partial charge in [0.25, 0.3) is 0 Å². The molecule has 136 valence electrons. The number of carbonyl (C=O) groups excluding carboxylic acids is 1. The molecular weight excluding hydrogens is 312 g/mol. The van der Waals surface area contributed by atoms with Crippen LogP contribution >= 0.6 is 0 Å². The lowest BCUT2D eigenvalue weighted by Crippen LogP contribution is -2.40. The molecule has 1 aliphatic heterocycles. The average Bonchev–Trinajstić information content (AvgIpc) is 3.12. The summed E-state index contributed by atoms with van der Waals surface area (Å²) in [7, 11) is 0. The van der Waals surface area contributed by atoms with Crippen molar-refractivity contribution >= 4 is 5.91 Å². The van der Waals surface area contributed by atoms with E-state index in [4.69, 9.17) is 0 Å². The molecule has 1 amide bonds. The Morgan fingerprint density at radius 3 is 2.80 bits per heavy atom. The van der Waals surface area contributed by atoms with E-state index < -0.39 is 0 Å². The van der Waals surface area contributed by atoms with Crippen molar-refractivity contribution < 1.29 is 4.79 Å². The molecule has 3 heterocycles. The highest BCUT2D eigenvalue weighted by molar-refractivity contribution is 5.77. The van der Waals surface area contributed by atoms with Crippen molar-refractivity contribution in [2.75, 3.05) is 6.54 Å². The number of aromatic nitrogens is 3. The van der Waals surface area contributed by atoms with E-state index in [0.717, 1.165) is 31.7 Å². The zero-order valence-corrected chi connectivity index (χ0v) is 16.1. The molecule has 0 aliphatic carbocycles. The lowest BCUT2D eigenvalue weighted by atomic mass is 10.1. The van der Waals surface area contributed by atoms with Gasteiger partial charge in [-0.05, 0) is 50.8 Å². The van der Waals surface area contributed by atoms with E-state index in [2.05, 4.69) is 67.3 Å². The maximum Gasteiger partial charge on any atom is 0.223 e. The molecule has 0 N–H and O–H groups in total. The van der Waals surface area contributed by atoms with Gasteiger partial charge in [0, 0.05) is 43.6 Å². The topological polar surface area (TPSA) is 43.1 Å². The normalized spacial score (nSPS) is 17.2. The molecule has 0 bridgehead atoms. The minimum Gasteiger partial charge on any atom is -0.348 e. The van der Waals surface area contributed by atoms with Crippen molar-refractivity contribution in [3.63, 3.8) is 0 Å². The van der Waals surface area contributed by atoms with Crippen LogP contribution in [0.2, 0.25) is 0 Å². The molecule has 0 saturated heterocycles. The Balaban J connectivity index is 1.66. The molecule has 5 nitrogen and oxygen atoms in total. The molecule has 1 atom stereocenters. The van der Waals surface area contributed by atoms with Crippen LogP contribution in [0.1, 0.15) is 55.9 Å². The lowest BCUT2D eigenvalue weighted by molar-refractivity contribution is -0.134. The number of carbonyl (C=O) groups is 1. The average molecular weight is 342 g/mol. The molecule has 5 heteroatoms. The molecule has 0 fully saturated rings. The zero-order chi connectivity index (χ0) is 18.1. The Hall–Kier alpha value is -2.04. The highest BCUT2D eigenvalue weighted by atomic mass is 16.2. The van der Waals surface area contributed by atoms with Crippen LogP contribution < -0.4 is 0 Å². The van der Waals surface area contributed by atoms with Gasteiger partial charge in [-0.3, -0.25) is 9.48 Å². The fourth-order valence-electron chi connectivity index (χ4n) is 3.91. The van der Waals surface area contributed by atoms with E-state index in [0.29, 0.717) is 12.3 Å². The maximum atomic E-state index is 12.8. The van der Waals surface area contributed by atoms with Gasteiger partial charge in [0.1, 0.15) is 0 Å². The number of aryl methyl sites for hydroxylation is 1. The van der Waals surface area contributed by atoms with Crippen LogP contribution in [0.5, 0.6) is 0 Å². The van der Waals surface area contributed by atoms with E-state index in [1.54, 1.807) is 0 Å². The Bertz CT molecular complexity index is 756. The van der Waals surface area contributed by atoms with E-state index >= 15 is 0 Å². The van der Waals surface area contributed by atoms with Gasteiger partial charge in [-0.1, -0.05) is 13.8 Å². The Morgan fingerprint density at radius 2 is 2.08 bits per heavy atom. The standard InChI is InChI=1S/C20H30N4O/c1-14(2)13-24-16(4)18(15(3)21-24)8-9-20(25)23-12-11-22-10-6-7-19(22)17(23)5/h6-7,10,14,17H,8-9,11-13H2,1-5H3. The Morgan fingerprint density at radius 1 is 1.32 bits per heavy atom. The number of rotatable bonds is 5. The van der Waals surface area contributed by atoms with Gasteiger partial charge >= 0.3 is 0 Å². The van der Waals surface area contributed by atoms with Crippen LogP contribution in [-0.2, 0) is 24.3 Å². The molecule has 25 heavy (non-hydrogen) atoms. The summed E-state index contributed by atoms with van der Waals surface area (Å²) in [6, 6.07) is 4.34. The maximum absolute atomic E-state index is 12.8. The number of nitrogens with zero attached hydrogens (tertiary/aromatic N) is 4. The number of amides is 1. The molecule has 2 aromatic heterocycles. The highest BCUT2D eigenvalue weighted by Gasteiger charge is 2.27. The largest absolute Gasteiger partial charge is 0.348 e. The molecule has 1 aliphatic rings. The van der Waals surface area contributed by atoms with E-state index in [1.165, 1.54) is 17.0 Å². The summed E-state index contributed by atoms with van der Waals surface area (Å²) in [5.41, 5.74) is 4.74. The second-order valence-electron chi connectivity index (χ2n) is 7.61. The molecule has 0 aromatic carbocycles. The second kappa shape index (κ2) is 7.06. The minimum atomic E-state index is 0.155. The smallest absolute Gasteiger partial charge is 0.223 e. The first-order chi connectivity index (χ1) is 11.9. The van der Waals surface area contributed by atoms with Crippen molar-refractivity contribution in [3.05, 3.63) is 41.0 Å². The third kappa shape index (κ3) is 3.51. The first-order valence-corrected chi connectivity index (χ1v) is 9.36. The van der Waals surface area contributed by atoms with Crippen LogP contribution in [0.15, 0.2) is 18.3 Å². The number of hydrogen-bond acceptors (Lipinski definition) is 2. The van der Waals surface area contributed by atoms with Gasteiger partial charge in [0.05, 0.1) is 11.7 Å². The highest BCUT2D eigenvalue weighted by Crippen LogP contribution is 2.26. The van der Waals surface area contributed by atoms with Crippen molar-refractivity contribution in [3.8, 4) is 0 Å². The summed E-state index contributed by atoms with van der Waals surface area (Å²) < 4.78 is 4.34. The third-order valence-electron chi connectivity index (χ3n) is 5.32. The monoisotopic (exact) mass is 342 g/mol. The molecule has 1 unspecified atom stereocenters. The molecule has 0 radical (unpaired) electrons. The summed E-state index contributed by atoms with van der Waals surface area (Å²) >= 11 is 0. The molecule has 0 spiro atoms. The van der Waals surface area contributed by atoms with E-state index in [1.807, 2.05) is 4.90 Å². The van der Waals surface area contributed by atoms with Gasteiger partial charge in [-0.2, -0.15) is 5.10 Å². The molecular formula is C20H30N4O. The molecule has 3 rings (SSSR count). The fraction of sp³-hybridized carbons (Fsp3) is 0.600. The minimum absolute atomic E-state index is 0.155. The quantitative estimate of drug-likeness (QED) is 0.835. The van der Waals surface area contributed by atoms with E-state index in [-0.39, 0.29) is 11.9 Å². The lowest BCUT2D eigenvalue weighted by Gasteiger charge is -2.35. The summed E-state index contributed by atoms with van der Waals surface area (Å²) in [4.78, 5) is 14.8. The fourth-order valence-corrected chi connectivity index (χ4v) is 3.91. The van der Waals surface area contributed by atoms with Crippen LogP contribution in [0, 0.1) is 19.8 Å². The van der Waals surface area contributed by atoms with Crippen LogP contribution in [-0.4, -0.2) is 31.7 Å². The molecule has 0 saturated carbocycles. The third-order valence-corrected chi connectivity index (χ3v) is 5.32. The van der Waals surface area contributed by atoms with Crippen molar-refractivity contribution in [1.82, 2.24) is 19.2 Å². The second-order valence-corrected chi connectivity index (χ2v) is 7.61. The van der Waals surface area contributed by atoms with Crippen LogP contribution in [0.25, 0.3) is 0 Å². The van der Waals surface area contributed by atoms with Gasteiger partial charge in [-0.15, -0.1) is 0 Å². The van der Waals surface area contributed by atoms with E-state index in [9.17, 15) is 4.79 Å². The van der Waals surface area contributed by atoms with Gasteiger partial charge in [-0.25, -0.2) is 0 Å². The van der Waals surface area contributed by atoms with Gasteiger partial charge < -0.3 is 9.47 Å². The Kier molecular flexibility index (Phi) is 5.02. The van der Waals surface area contributed by atoms with Crippen LogP contribution in [0.4, 0.5) is 0 Å². The predicted octanol–water partition coefficient (Wildman–Crippen LogP) is 3.49. The summed E-state index contributed by atoms with van der Waals surface area (Å²) in [6.45, 7) is 13.3. The van der Waals surface area contributed by atoms with Crippen molar-refractivity contribution in [2.24, 2.45) is 5.92 Å². The number of fused-ring (bicyclic) bond motifs is 1.